The van der Waals surface area contributed by atoms with E-state index in [0.717, 1.165) is 16.8 Å². The lowest BCUT2D eigenvalue weighted by Gasteiger charge is -2.17. The lowest BCUT2D eigenvalue weighted by Crippen LogP contribution is -2.41. The quantitative estimate of drug-likeness (QED) is 0.357. The van der Waals surface area contributed by atoms with Crippen LogP contribution in [0.3, 0.4) is 0 Å². The number of amides is 2. The number of carbonyl (C=O) groups excluding carboxylic acids is 3. The number of carbonyl (C=O) groups is 3. The van der Waals surface area contributed by atoms with Gasteiger partial charge in [-0.25, -0.2) is 5.43 Å². The highest BCUT2D eigenvalue weighted by atomic mass is 16.2. The van der Waals surface area contributed by atoms with Gasteiger partial charge in [0.25, 0.3) is 0 Å². The number of ketones is 1. The Morgan fingerprint density at radius 1 is 0.938 bits per heavy atom. The molecule has 0 aliphatic carbocycles. The maximum Gasteiger partial charge on any atom is 0.305 e. The normalized spacial score (nSPS) is 11.7. The third-order valence-corrected chi connectivity index (χ3v) is 5.07. The number of anilines is 1. The SMILES string of the molecule is Cc1ccc(NC(=O)CC/C(CC(=O)C(C)(C)C)=N/NC(=O)C[n+]2ccccc2)cc1C. The molecule has 7 heteroatoms. The highest BCUT2D eigenvalue weighted by molar-refractivity contribution is 6.05. The lowest BCUT2D eigenvalue weighted by atomic mass is 9.87. The van der Waals surface area contributed by atoms with Gasteiger partial charge in [0.15, 0.2) is 12.4 Å². The van der Waals surface area contributed by atoms with Gasteiger partial charge in [-0.15, -0.1) is 0 Å². The number of nitrogens with one attached hydrogen (secondary N) is 2. The van der Waals surface area contributed by atoms with Gasteiger partial charge in [0.1, 0.15) is 5.78 Å². The summed E-state index contributed by atoms with van der Waals surface area (Å²) in [4.78, 5) is 37.2. The molecule has 0 bridgehead atoms. The minimum atomic E-state index is -0.535. The average molecular weight is 438 g/mol. The number of aryl methyl sites for hydroxylation is 2. The van der Waals surface area contributed by atoms with Gasteiger partial charge in [0.2, 0.25) is 12.5 Å². The second-order valence-corrected chi connectivity index (χ2v) is 8.96. The molecular weight excluding hydrogens is 404 g/mol. The molecule has 2 N–H and O–H groups in total. The van der Waals surface area contributed by atoms with Crippen LogP contribution in [0.1, 0.15) is 51.2 Å². The zero-order valence-corrected chi connectivity index (χ0v) is 19.6. The van der Waals surface area contributed by atoms with Crippen LogP contribution in [0.5, 0.6) is 0 Å². The van der Waals surface area contributed by atoms with Crippen LogP contribution in [0.15, 0.2) is 53.9 Å². The molecule has 0 saturated heterocycles. The number of aromatic nitrogens is 1. The van der Waals surface area contributed by atoms with Gasteiger partial charge in [-0.1, -0.05) is 32.9 Å². The first-order chi connectivity index (χ1) is 15.0. The number of Topliss-reactive ketones (excluding diaryl/α,β-unsaturated/α-hetero) is 1. The fraction of sp³-hybridized carbons (Fsp3) is 0.400. The first kappa shape index (κ1) is 24.9. The molecule has 32 heavy (non-hydrogen) atoms. The number of hydrogen-bond acceptors (Lipinski definition) is 4. The van der Waals surface area contributed by atoms with Crippen LogP contribution in [0.2, 0.25) is 0 Å². The Morgan fingerprint density at radius 2 is 1.62 bits per heavy atom. The standard InChI is InChI=1S/C25H32N4O3/c1-18-9-10-20(15-19(18)2)26-23(31)12-11-21(16-22(30)25(3,4)5)27-28-24(32)17-29-13-7-6-8-14-29/h6-10,13-15H,11-12,16-17H2,1-5H3,(H-,26,28,31,32)/p+1/b27-21-. The molecule has 170 valence electrons. The van der Waals surface area contributed by atoms with E-state index < -0.39 is 5.41 Å². The number of pyridine rings is 1. The molecule has 0 atom stereocenters. The Labute approximate surface area is 189 Å². The lowest BCUT2D eigenvalue weighted by molar-refractivity contribution is -0.684. The third-order valence-electron chi connectivity index (χ3n) is 5.07. The van der Waals surface area contributed by atoms with Crippen molar-refractivity contribution in [3.05, 3.63) is 59.9 Å². The van der Waals surface area contributed by atoms with Gasteiger partial charge >= 0.3 is 5.91 Å². The van der Waals surface area contributed by atoms with Crippen LogP contribution in [-0.4, -0.2) is 23.3 Å². The van der Waals surface area contributed by atoms with E-state index in [2.05, 4.69) is 15.8 Å². The summed E-state index contributed by atoms with van der Waals surface area (Å²) < 4.78 is 1.72. The van der Waals surface area contributed by atoms with E-state index in [4.69, 9.17) is 0 Å². The van der Waals surface area contributed by atoms with Crippen molar-refractivity contribution in [2.45, 2.75) is 60.4 Å². The van der Waals surface area contributed by atoms with E-state index in [9.17, 15) is 14.4 Å². The van der Waals surface area contributed by atoms with Crippen LogP contribution in [0.25, 0.3) is 0 Å². The van der Waals surface area contributed by atoms with Crippen molar-refractivity contribution in [2.75, 3.05) is 5.32 Å². The Balaban J connectivity index is 2.00. The topological polar surface area (TPSA) is 91.5 Å². The van der Waals surface area contributed by atoms with Crippen molar-refractivity contribution >= 4 is 29.0 Å². The molecule has 0 aliphatic rings. The zero-order valence-electron chi connectivity index (χ0n) is 19.6. The molecule has 1 heterocycles. The smallest absolute Gasteiger partial charge is 0.305 e. The van der Waals surface area contributed by atoms with Crippen LogP contribution in [-0.2, 0) is 20.9 Å². The molecule has 2 aromatic rings. The van der Waals surface area contributed by atoms with Crippen molar-refractivity contribution in [2.24, 2.45) is 10.5 Å². The largest absolute Gasteiger partial charge is 0.326 e. The summed E-state index contributed by atoms with van der Waals surface area (Å²) >= 11 is 0. The number of rotatable bonds is 9. The minimum absolute atomic E-state index is 0.00231. The van der Waals surface area contributed by atoms with Crippen molar-refractivity contribution in [1.29, 1.82) is 0 Å². The van der Waals surface area contributed by atoms with E-state index in [1.807, 2.05) is 71.0 Å². The van der Waals surface area contributed by atoms with Gasteiger partial charge in [0, 0.05) is 41.8 Å². The van der Waals surface area contributed by atoms with E-state index in [1.54, 1.807) is 17.0 Å². The first-order valence-electron chi connectivity index (χ1n) is 10.7. The average Bonchev–Trinajstić information content (AvgIpc) is 2.72. The van der Waals surface area contributed by atoms with Crippen LogP contribution in [0.4, 0.5) is 5.69 Å². The summed E-state index contributed by atoms with van der Waals surface area (Å²) in [5.41, 5.74) is 5.45. The maximum atomic E-state index is 12.5. The molecule has 0 unspecified atom stereocenters. The minimum Gasteiger partial charge on any atom is -0.326 e. The Bertz CT molecular complexity index is 992. The summed E-state index contributed by atoms with van der Waals surface area (Å²) in [5, 5.41) is 7.06. The van der Waals surface area contributed by atoms with Crippen molar-refractivity contribution in [3.63, 3.8) is 0 Å². The maximum absolute atomic E-state index is 12.5. The fourth-order valence-corrected chi connectivity index (χ4v) is 2.82. The number of hydrogen-bond donors (Lipinski definition) is 2. The van der Waals surface area contributed by atoms with Gasteiger partial charge in [-0.05, 0) is 43.5 Å². The van der Waals surface area contributed by atoms with Gasteiger partial charge in [0.05, 0.1) is 0 Å². The summed E-state index contributed by atoms with van der Waals surface area (Å²) in [7, 11) is 0. The van der Waals surface area contributed by atoms with Gasteiger partial charge < -0.3 is 5.32 Å². The number of hydrazone groups is 1. The van der Waals surface area contributed by atoms with Gasteiger partial charge in [-0.3, -0.25) is 14.4 Å². The van der Waals surface area contributed by atoms with Crippen LogP contribution < -0.4 is 15.3 Å². The predicted molar refractivity (Wildman–Crippen MR) is 125 cm³/mol. The van der Waals surface area contributed by atoms with E-state index >= 15 is 0 Å². The molecule has 1 aromatic carbocycles. The monoisotopic (exact) mass is 437 g/mol. The molecule has 0 radical (unpaired) electrons. The van der Waals surface area contributed by atoms with E-state index in [1.165, 1.54) is 0 Å². The molecule has 0 aliphatic heterocycles. The van der Waals surface area contributed by atoms with Gasteiger partial charge in [-0.2, -0.15) is 9.67 Å². The number of nitrogens with zero attached hydrogens (tertiary/aromatic N) is 2. The number of benzene rings is 1. The summed E-state index contributed by atoms with van der Waals surface area (Å²) in [6.07, 6.45) is 4.08. The summed E-state index contributed by atoms with van der Waals surface area (Å²) in [6.45, 7) is 9.63. The molecule has 7 nitrogen and oxygen atoms in total. The zero-order chi connectivity index (χ0) is 23.7. The molecule has 2 rings (SSSR count). The molecule has 1 aromatic heterocycles. The molecule has 0 saturated carbocycles. The fourth-order valence-electron chi connectivity index (χ4n) is 2.82. The summed E-state index contributed by atoms with van der Waals surface area (Å²) in [5.74, 6) is -0.477. The van der Waals surface area contributed by atoms with Crippen molar-refractivity contribution in [3.8, 4) is 0 Å². The molecule has 0 fully saturated rings. The molecule has 0 spiro atoms. The second-order valence-electron chi connectivity index (χ2n) is 8.96. The second kappa shape index (κ2) is 11.3. The predicted octanol–water partition coefficient (Wildman–Crippen LogP) is 3.49. The van der Waals surface area contributed by atoms with Crippen molar-refractivity contribution in [1.82, 2.24) is 5.43 Å². The highest BCUT2D eigenvalue weighted by Crippen LogP contribution is 2.18. The molecular formula is C25H33N4O3+. The third kappa shape index (κ3) is 8.41. The Morgan fingerprint density at radius 3 is 2.25 bits per heavy atom. The summed E-state index contributed by atoms with van der Waals surface area (Å²) in [6, 6.07) is 11.3. The molecule has 2 amide bonds. The Kier molecular flexibility index (Phi) is 8.81. The van der Waals surface area contributed by atoms with E-state index in [-0.39, 0.29) is 43.4 Å². The van der Waals surface area contributed by atoms with E-state index in [0.29, 0.717) is 5.71 Å². The van der Waals surface area contributed by atoms with Crippen LogP contribution in [0, 0.1) is 19.3 Å². The highest BCUT2D eigenvalue weighted by Gasteiger charge is 2.23. The van der Waals surface area contributed by atoms with Crippen molar-refractivity contribution < 1.29 is 19.0 Å². The Hall–Kier alpha value is -3.35. The first-order valence-corrected chi connectivity index (χ1v) is 10.7. The van der Waals surface area contributed by atoms with Crippen LogP contribution >= 0.6 is 0 Å².